The number of nitrogens with one attached hydrogen (secondary N) is 1. The Labute approximate surface area is 116 Å². The number of likely N-dealkylation sites (N-methyl/N-ethyl adjacent to an activating group) is 1. The minimum atomic E-state index is 0.327. The monoisotopic (exact) mass is 256 g/mol. The van der Waals surface area contributed by atoms with Gasteiger partial charge in [0.2, 0.25) is 0 Å². The first-order valence-corrected chi connectivity index (χ1v) is 7.84. The molecule has 0 aliphatic heterocycles. The fraction of sp³-hybridized carbons (Fsp3) is 1.00. The van der Waals surface area contributed by atoms with Crippen LogP contribution >= 0.6 is 0 Å². The molecule has 0 aliphatic rings. The first kappa shape index (κ1) is 17.9. The standard InChI is InChI=1S/C16H36N2/c1-8-11-12-18(14(4)9-2)13-15(17-10-3)16(5,6)7/h14-15,17H,8-13H2,1-7H3. The van der Waals surface area contributed by atoms with Crippen molar-refractivity contribution in [1.29, 1.82) is 0 Å². The molecule has 2 heteroatoms. The van der Waals surface area contributed by atoms with E-state index in [9.17, 15) is 0 Å². The molecule has 0 amide bonds. The molecule has 2 unspecified atom stereocenters. The zero-order chi connectivity index (χ0) is 14.2. The van der Waals surface area contributed by atoms with Gasteiger partial charge in [-0.25, -0.2) is 0 Å². The van der Waals surface area contributed by atoms with Crippen molar-refractivity contribution in [2.24, 2.45) is 5.41 Å². The van der Waals surface area contributed by atoms with Crippen LogP contribution in [0.2, 0.25) is 0 Å². The number of hydrogen-bond donors (Lipinski definition) is 1. The summed E-state index contributed by atoms with van der Waals surface area (Å²) in [5.74, 6) is 0. The summed E-state index contributed by atoms with van der Waals surface area (Å²) in [5, 5.41) is 3.67. The fourth-order valence-electron chi connectivity index (χ4n) is 2.24. The lowest BCUT2D eigenvalue weighted by atomic mass is 9.86. The minimum absolute atomic E-state index is 0.327. The van der Waals surface area contributed by atoms with E-state index in [0.29, 0.717) is 17.5 Å². The Kier molecular flexibility index (Phi) is 8.89. The van der Waals surface area contributed by atoms with E-state index in [1.54, 1.807) is 0 Å². The van der Waals surface area contributed by atoms with Gasteiger partial charge < -0.3 is 5.32 Å². The van der Waals surface area contributed by atoms with Gasteiger partial charge in [0.1, 0.15) is 0 Å². The lowest BCUT2D eigenvalue weighted by Gasteiger charge is -2.38. The smallest absolute Gasteiger partial charge is 0.0243 e. The van der Waals surface area contributed by atoms with Gasteiger partial charge in [-0.2, -0.15) is 0 Å². The Morgan fingerprint density at radius 2 is 1.72 bits per heavy atom. The molecule has 0 spiro atoms. The van der Waals surface area contributed by atoms with Gasteiger partial charge in [-0.1, -0.05) is 48.0 Å². The molecule has 1 N–H and O–H groups in total. The quantitative estimate of drug-likeness (QED) is 0.673. The van der Waals surface area contributed by atoms with Crippen molar-refractivity contribution >= 4 is 0 Å². The topological polar surface area (TPSA) is 15.3 Å². The van der Waals surface area contributed by atoms with E-state index in [0.717, 1.165) is 6.54 Å². The third kappa shape index (κ3) is 6.75. The molecule has 0 saturated heterocycles. The van der Waals surface area contributed by atoms with Gasteiger partial charge in [-0.05, 0) is 38.3 Å². The maximum Gasteiger partial charge on any atom is 0.0243 e. The molecular formula is C16H36N2. The maximum atomic E-state index is 3.67. The van der Waals surface area contributed by atoms with Crippen LogP contribution in [-0.4, -0.2) is 36.6 Å². The molecule has 0 rings (SSSR count). The largest absolute Gasteiger partial charge is 0.312 e. The highest BCUT2D eigenvalue weighted by Crippen LogP contribution is 2.21. The summed E-state index contributed by atoms with van der Waals surface area (Å²) >= 11 is 0. The van der Waals surface area contributed by atoms with Crippen molar-refractivity contribution in [3.05, 3.63) is 0 Å². The summed E-state index contributed by atoms with van der Waals surface area (Å²) in [4.78, 5) is 2.67. The summed E-state index contributed by atoms with van der Waals surface area (Å²) in [6.45, 7) is 19.6. The van der Waals surface area contributed by atoms with Crippen LogP contribution in [0.25, 0.3) is 0 Å². The zero-order valence-corrected chi connectivity index (χ0v) is 13.8. The van der Waals surface area contributed by atoms with Crippen LogP contribution in [0.5, 0.6) is 0 Å². The van der Waals surface area contributed by atoms with Gasteiger partial charge in [0.05, 0.1) is 0 Å². The van der Waals surface area contributed by atoms with Crippen molar-refractivity contribution in [3.8, 4) is 0 Å². The molecule has 0 heterocycles. The van der Waals surface area contributed by atoms with Gasteiger partial charge in [0.25, 0.3) is 0 Å². The molecule has 0 saturated carbocycles. The van der Waals surface area contributed by atoms with Crippen molar-refractivity contribution < 1.29 is 0 Å². The van der Waals surface area contributed by atoms with Gasteiger partial charge >= 0.3 is 0 Å². The van der Waals surface area contributed by atoms with Crippen molar-refractivity contribution in [3.63, 3.8) is 0 Å². The first-order valence-electron chi connectivity index (χ1n) is 7.84. The number of hydrogen-bond acceptors (Lipinski definition) is 2. The predicted octanol–water partition coefficient (Wildman–Crippen LogP) is 3.91. The van der Waals surface area contributed by atoms with Gasteiger partial charge in [0.15, 0.2) is 0 Å². The maximum absolute atomic E-state index is 3.67. The summed E-state index contributed by atoms with van der Waals surface area (Å²) in [7, 11) is 0. The molecule has 18 heavy (non-hydrogen) atoms. The highest BCUT2D eigenvalue weighted by atomic mass is 15.2. The van der Waals surface area contributed by atoms with Crippen LogP contribution in [-0.2, 0) is 0 Å². The molecule has 0 radical (unpaired) electrons. The second kappa shape index (κ2) is 8.92. The Hall–Kier alpha value is -0.0800. The van der Waals surface area contributed by atoms with Crippen LogP contribution in [0.1, 0.15) is 67.7 Å². The average molecular weight is 256 g/mol. The Balaban J connectivity index is 4.58. The second-order valence-electron chi connectivity index (χ2n) is 6.58. The molecule has 110 valence electrons. The molecule has 2 nitrogen and oxygen atoms in total. The summed E-state index contributed by atoms with van der Waals surface area (Å²) in [5.41, 5.74) is 0.327. The normalized spacial score (nSPS) is 16.0. The van der Waals surface area contributed by atoms with Crippen molar-refractivity contribution in [2.75, 3.05) is 19.6 Å². The molecular weight excluding hydrogens is 220 g/mol. The van der Waals surface area contributed by atoms with E-state index in [2.05, 4.69) is 58.7 Å². The molecule has 0 aromatic heterocycles. The van der Waals surface area contributed by atoms with Crippen LogP contribution in [0, 0.1) is 5.41 Å². The van der Waals surface area contributed by atoms with Crippen LogP contribution in [0.15, 0.2) is 0 Å². The fourth-order valence-corrected chi connectivity index (χ4v) is 2.24. The molecule has 0 aromatic rings. The Morgan fingerprint density at radius 3 is 2.11 bits per heavy atom. The van der Waals surface area contributed by atoms with E-state index in [4.69, 9.17) is 0 Å². The lowest BCUT2D eigenvalue weighted by molar-refractivity contribution is 0.136. The molecule has 0 aromatic carbocycles. The number of nitrogens with zero attached hydrogens (tertiary/aromatic N) is 1. The van der Waals surface area contributed by atoms with Gasteiger partial charge in [-0.15, -0.1) is 0 Å². The number of unbranched alkanes of at least 4 members (excludes halogenated alkanes) is 1. The highest BCUT2D eigenvalue weighted by Gasteiger charge is 2.26. The van der Waals surface area contributed by atoms with E-state index >= 15 is 0 Å². The van der Waals surface area contributed by atoms with E-state index in [1.165, 1.54) is 32.4 Å². The third-order valence-corrected chi connectivity index (χ3v) is 3.93. The second-order valence-corrected chi connectivity index (χ2v) is 6.58. The molecule has 2 atom stereocenters. The minimum Gasteiger partial charge on any atom is -0.312 e. The van der Waals surface area contributed by atoms with Crippen molar-refractivity contribution in [1.82, 2.24) is 10.2 Å². The van der Waals surface area contributed by atoms with Gasteiger partial charge in [-0.3, -0.25) is 4.90 Å². The Morgan fingerprint density at radius 1 is 1.11 bits per heavy atom. The average Bonchev–Trinajstić information content (AvgIpc) is 2.30. The molecule has 0 aliphatic carbocycles. The van der Waals surface area contributed by atoms with E-state index < -0.39 is 0 Å². The van der Waals surface area contributed by atoms with E-state index in [1.807, 2.05) is 0 Å². The molecule has 0 bridgehead atoms. The summed E-state index contributed by atoms with van der Waals surface area (Å²) in [6.07, 6.45) is 3.84. The van der Waals surface area contributed by atoms with Crippen LogP contribution in [0.3, 0.4) is 0 Å². The number of rotatable bonds is 9. The predicted molar refractivity (Wildman–Crippen MR) is 83.2 cm³/mol. The first-order chi connectivity index (χ1) is 8.36. The third-order valence-electron chi connectivity index (χ3n) is 3.93. The molecule has 0 fully saturated rings. The summed E-state index contributed by atoms with van der Waals surface area (Å²) in [6, 6.07) is 1.27. The van der Waals surface area contributed by atoms with Gasteiger partial charge in [0, 0.05) is 18.6 Å². The Bertz CT molecular complexity index is 196. The van der Waals surface area contributed by atoms with Crippen LogP contribution in [0.4, 0.5) is 0 Å². The lowest BCUT2D eigenvalue weighted by Crippen LogP contribution is -2.50. The van der Waals surface area contributed by atoms with Crippen LogP contribution < -0.4 is 5.32 Å². The highest BCUT2D eigenvalue weighted by molar-refractivity contribution is 4.84. The van der Waals surface area contributed by atoms with E-state index in [-0.39, 0.29) is 0 Å². The zero-order valence-electron chi connectivity index (χ0n) is 13.8. The van der Waals surface area contributed by atoms with Crippen molar-refractivity contribution in [2.45, 2.75) is 79.8 Å². The SMILES string of the molecule is CCCCN(CC(NCC)C(C)(C)C)C(C)CC. The summed E-state index contributed by atoms with van der Waals surface area (Å²) < 4.78 is 0.